The first-order chi connectivity index (χ1) is 12.6. The van der Waals surface area contributed by atoms with E-state index in [1.807, 2.05) is 12.3 Å². The summed E-state index contributed by atoms with van der Waals surface area (Å²) in [5, 5.41) is 11.0. The Labute approximate surface area is 149 Å². The Morgan fingerprint density at radius 3 is 2.92 bits per heavy atom. The van der Waals surface area contributed by atoms with Crippen molar-refractivity contribution in [3.05, 3.63) is 54.0 Å². The number of aromatic amines is 1. The highest BCUT2D eigenvalue weighted by atomic mass is 19.1. The van der Waals surface area contributed by atoms with Crippen molar-refractivity contribution in [3.8, 4) is 0 Å². The fraction of sp³-hybridized carbons (Fsp3) is 0.368. The van der Waals surface area contributed by atoms with E-state index in [4.69, 9.17) is 0 Å². The number of aliphatic hydroxyl groups is 1. The molecule has 1 aromatic carbocycles. The normalized spacial score (nSPS) is 20.7. The molecule has 0 spiro atoms. The van der Waals surface area contributed by atoms with Gasteiger partial charge in [0.2, 0.25) is 0 Å². The molecule has 2 N–H and O–H groups in total. The molecule has 5 nitrogen and oxygen atoms in total. The number of hydrogen-bond acceptors (Lipinski definition) is 4. The first-order valence-corrected chi connectivity index (χ1v) is 8.68. The van der Waals surface area contributed by atoms with Gasteiger partial charge < -0.3 is 15.0 Å². The molecular weight excluding hydrogens is 338 g/mol. The molecule has 0 aliphatic carbocycles. The van der Waals surface area contributed by atoms with Gasteiger partial charge in [-0.15, -0.1) is 0 Å². The number of aromatic nitrogens is 3. The first kappa shape index (κ1) is 16.9. The lowest BCUT2D eigenvalue weighted by molar-refractivity contribution is 0.104. The summed E-state index contributed by atoms with van der Waals surface area (Å²) < 4.78 is 27.3. The van der Waals surface area contributed by atoms with Gasteiger partial charge in [0, 0.05) is 30.8 Å². The second-order valence-corrected chi connectivity index (χ2v) is 7.03. The number of piperidine rings is 1. The highest BCUT2D eigenvalue weighted by Crippen LogP contribution is 2.37. The number of nitrogens with zero attached hydrogens (tertiary/aromatic N) is 3. The van der Waals surface area contributed by atoms with Crippen LogP contribution in [0.25, 0.3) is 11.0 Å². The molecule has 0 bridgehead atoms. The summed E-state index contributed by atoms with van der Waals surface area (Å²) in [6.45, 7) is 1.30. The molecule has 1 saturated heterocycles. The maximum Gasteiger partial charge on any atom is 0.142 e. The van der Waals surface area contributed by atoms with Gasteiger partial charge in [0.15, 0.2) is 0 Å². The van der Waals surface area contributed by atoms with Crippen LogP contribution in [0.3, 0.4) is 0 Å². The fourth-order valence-corrected chi connectivity index (χ4v) is 3.90. The lowest BCUT2D eigenvalue weighted by Gasteiger charge is -2.42. The molecular formula is C19H20F2N4O. The Bertz CT molecular complexity index is 929. The second kappa shape index (κ2) is 6.64. The molecule has 7 heteroatoms. The summed E-state index contributed by atoms with van der Waals surface area (Å²) in [7, 11) is 0. The van der Waals surface area contributed by atoms with Gasteiger partial charge in [-0.3, -0.25) is 0 Å². The minimum Gasteiger partial charge on any atom is -0.396 e. The lowest BCUT2D eigenvalue weighted by atomic mass is 9.75. The van der Waals surface area contributed by atoms with E-state index in [-0.39, 0.29) is 6.61 Å². The number of rotatable bonds is 4. The van der Waals surface area contributed by atoms with Crippen molar-refractivity contribution in [3.63, 3.8) is 0 Å². The Morgan fingerprint density at radius 2 is 2.12 bits per heavy atom. The summed E-state index contributed by atoms with van der Waals surface area (Å²) in [5.74, 6) is -0.344. The maximum absolute atomic E-state index is 14.1. The van der Waals surface area contributed by atoms with Crippen molar-refractivity contribution in [1.29, 1.82) is 0 Å². The molecule has 1 atom stereocenters. The predicted molar refractivity (Wildman–Crippen MR) is 94.9 cm³/mol. The molecule has 1 aliphatic heterocycles. The predicted octanol–water partition coefficient (Wildman–Crippen LogP) is 3.06. The molecule has 136 valence electrons. The molecule has 0 radical (unpaired) electrons. The van der Waals surface area contributed by atoms with Crippen LogP contribution in [0.1, 0.15) is 18.4 Å². The fourth-order valence-electron chi connectivity index (χ4n) is 3.90. The minimum absolute atomic E-state index is 0.0678. The van der Waals surface area contributed by atoms with Gasteiger partial charge in [-0.05, 0) is 37.0 Å². The van der Waals surface area contributed by atoms with E-state index in [9.17, 15) is 13.9 Å². The SMILES string of the molecule is OC[C@]1(Cc2ccc(F)cc2F)CCCN(c2ncnc3[nH]ccc23)C1. The van der Waals surface area contributed by atoms with Gasteiger partial charge in [0.1, 0.15) is 29.4 Å². The number of aliphatic hydroxyl groups excluding tert-OH is 1. The summed E-state index contributed by atoms with van der Waals surface area (Å²) in [5.41, 5.74) is 0.696. The third-order valence-corrected chi connectivity index (χ3v) is 5.21. The van der Waals surface area contributed by atoms with E-state index in [0.29, 0.717) is 18.5 Å². The van der Waals surface area contributed by atoms with E-state index in [1.165, 1.54) is 18.5 Å². The molecule has 2 aromatic heterocycles. The van der Waals surface area contributed by atoms with Crippen LogP contribution in [-0.2, 0) is 6.42 Å². The number of hydrogen-bond donors (Lipinski definition) is 2. The van der Waals surface area contributed by atoms with Crippen molar-refractivity contribution < 1.29 is 13.9 Å². The average Bonchev–Trinajstić information content (AvgIpc) is 3.13. The lowest BCUT2D eigenvalue weighted by Crippen LogP contribution is -2.47. The monoisotopic (exact) mass is 358 g/mol. The molecule has 0 saturated carbocycles. The van der Waals surface area contributed by atoms with Crippen molar-refractivity contribution in [2.75, 3.05) is 24.6 Å². The highest BCUT2D eigenvalue weighted by Gasteiger charge is 2.37. The summed E-state index contributed by atoms with van der Waals surface area (Å²) in [4.78, 5) is 13.8. The molecule has 26 heavy (non-hydrogen) atoms. The van der Waals surface area contributed by atoms with Crippen molar-refractivity contribution in [2.45, 2.75) is 19.3 Å². The van der Waals surface area contributed by atoms with Crippen LogP contribution in [0.15, 0.2) is 36.8 Å². The topological polar surface area (TPSA) is 65.0 Å². The van der Waals surface area contributed by atoms with Crippen LogP contribution in [0.2, 0.25) is 0 Å². The number of nitrogens with one attached hydrogen (secondary N) is 1. The van der Waals surface area contributed by atoms with E-state index in [2.05, 4.69) is 19.9 Å². The zero-order valence-corrected chi connectivity index (χ0v) is 14.3. The van der Waals surface area contributed by atoms with Crippen LogP contribution in [0.4, 0.5) is 14.6 Å². The number of benzene rings is 1. The molecule has 4 rings (SSSR count). The molecule has 0 unspecified atom stereocenters. The number of fused-ring (bicyclic) bond motifs is 1. The Balaban J connectivity index is 1.64. The number of H-pyrrole nitrogens is 1. The molecule has 3 heterocycles. The van der Waals surface area contributed by atoms with Gasteiger partial charge in [-0.1, -0.05) is 6.07 Å². The zero-order valence-electron chi connectivity index (χ0n) is 14.3. The van der Waals surface area contributed by atoms with Crippen molar-refractivity contribution in [1.82, 2.24) is 15.0 Å². The van der Waals surface area contributed by atoms with Crippen LogP contribution >= 0.6 is 0 Å². The molecule has 1 fully saturated rings. The van der Waals surface area contributed by atoms with Crippen LogP contribution in [0.5, 0.6) is 0 Å². The third kappa shape index (κ3) is 3.03. The van der Waals surface area contributed by atoms with E-state index >= 15 is 0 Å². The smallest absolute Gasteiger partial charge is 0.142 e. The maximum atomic E-state index is 14.1. The molecule has 1 aliphatic rings. The van der Waals surface area contributed by atoms with E-state index in [0.717, 1.165) is 42.3 Å². The molecule has 0 amide bonds. The quantitative estimate of drug-likeness (QED) is 0.752. The van der Waals surface area contributed by atoms with Gasteiger partial charge in [-0.2, -0.15) is 0 Å². The Kier molecular flexibility index (Phi) is 4.32. The summed E-state index contributed by atoms with van der Waals surface area (Å²) in [6, 6.07) is 5.56. The first-order valence-electron chi connectivity index (χ1n) is 8.68. The van der Waals surface area contributed by atoms with Gasteiger partial charge in [0.05, 0.1) is 12.0 Å². The Hall–Kier alpha value is -2.54. The standard InChI is InChI=1S/C19H20F2N4O/c20-14-3-2-13(16(21)8-14)9-19(11-26)5-1-7-25(10-19)18-15-4-6-22-17(15)23-12-24-18/h2-4,6,8,12,26H,1,5,7,9-11H2,(H,22,23,24)/t19-/m0/s1. The minimum atomic E-state index is -0.592. The van der Waals surface area contributed by atoms with Gasteiger partial charge >= 0.3 is 0 Å². The summed E-state index contributed by atoms with van der Waals surface area (Å²) in [6.07, 6.45) is 5.33. The summed E-state index contributed by atoms with van der Waals surface area (Å²) >= 11 is 0. The van der Waals surface area contributed by atoms with E-state index < -0.39 is 17.0 Å². The van der Waals surface area contributed by atoms with Crippen LogP contribution in [-0.4, -0.2) is 39.8 Å². The highest BCUT2D eigenvalue weighted by molar-refractivity contribution is 5.87. The van der Waals surface area contributed by atoms with Crippen molar-refractivity contribution in [2.24, 2.45) is 5.41 Å². The average molecular weight is 358 g/mol. The van der Waals surface area contributed by atoms with Gasteiger partial charge in [0.25, 0.3) is 0 Å². The Morgan fingerprint density at radius 1 is 1.23 bits per heavy atom. The number of anilines is 1. The van der Waals surface area contributed by atoms with E-state index in [1.54, 1.807) is 0 Å². The van der Waals surface area contributed by atoms with Crippen molar-refractivity contribution >= 4 is 16.9 Å². The largest absolute Gasteiger partial charge is 0.396 e. The zero-order chi connectivity index (χ0) is 18.1. The van der Waals surface area contributed by atoms with Crippen LogP contribution < -0.4 is 4.90 Å². The number of halogens is 2. The third-order valence-electron chi connectivity index (χ3n) is 5.21. The second-order valence-electron chi connectivity index (χ2n) is 7.03. The molecule has 3 aromatic rings. The van der Waals surface area contributed by atoms with Gasteiger partial charge in [-0.25, -0.2) is 18.7 Å². The van der Waals surface area contributed by atoms with Crippen LogP contribution in [0, 0.1) is 17.0 Å².